The predicted octanol–water partition coefficient (Wildman–Crippen LogP) is -1.82. The standard InChI is InChI=1S/C17H32N4O8/c1-3-19(11-15(24)25)6-7-21(13-17(28)29)9-8-20(12-16(26)27)5-4-18(2)10-14(22)23/h3-13H2,1-2H3,(H,22,23)(H,24,25)(H,26,27)(H,28,29). The van der Waals surface area contributed by atoms with Crippen molar-refractivity contribution >= 4 is 23.9 Å². The molecule has 0 fully saturated rings. The van der Waals surface area contributed by atoms with E-state index in [1.807, 2.05) is 6.92 Å². The van der Waals surface area contributed by atoms with Gasteiger partial charge < -0.3 is 20.4 Å². The van der Waals surface area contributed by atoms with Crippen LogP contribution in [0.1, 0.15) is 6.92 Å². The maximum Gasteiger partial charge on any atom is 0.317 e. The van der Waals surface area contributed by atoms with E-state index in [4.69, 9.17) is 20.4 Å². The molecule has 12 nitrogen and oxygen atoms in total. The summed E-state index contributed by atoms with van der Waals surface area (Å²) < 4.78 is 0. The molecule has 0 unspecified atom stereocenters. The van der Waals surface area contributed by atoms with Crippen molar-refractivity contribution < 1.29 is 39.6 Å². The number of carboxylic acid groups (broad SMARTS) is 4. The molecular weight excluding hydrogens is 388 g/mol. The molecule has 0 aliphatic carbocycles. The summed E-state index contributed by atoms with van der Waals surface area (Å²) in [5.74, 6) is -4.01. The molecule has 0 radical (unpaired) electrons. The first kappa shape index (κ1) is 26.7. The van der Waals surface area contributed by atoms with E-state index in [0.717, 1.165) is 0 Å². The Hall–Kier alpha value is -2.28. The molecule has 0 saturated heterocycles. The molecule has 0 heterocycles. The minimum absolute atomic E-state index is 0.140. The van der Waals surface area contributed by atoms with E-state index in [2.05, 4.69) is 0 Å². The Balaban J connectivity index is 4.76. The van der Waals surface area contributed by atoms with Gasteiger partial charge in [-0.15, -0.1) is 0 Å². The van der Waals surface area contributed by atoms with Crippen molar-refractivity contribution in [3.63, 3.8) is 0 Å². The van der Waals surface area contributed by atoms with Crippen LogP contribution in [0.4, 0.5) is 0 Å². The van der Waals surface area contributed by atoms with Gasteiger partial charge in [0.05, 0.1) is 26.2 Å². The van der Waals surface area contributed by atoms with Crippen molar-refractivity contribution in [1.29, 1.82) is 0 Å². The summed E-state index contributed by atoms with van der Waals surface area (Å²) in [6, 6.07) is 0. The maximum atomic E-state index is 11.1. The minimum Gasteiger partial charge on any atom is -0.480 e. The highest BCUT2D eigenvalue weighted by molar-refractivity contribution is 5.70. The van der Waals surface area contributed by atoms with Crippen LogP contribution in [-0.4, -0.2) is 143 Å². The van der Waals surface area contributed by atoms with Crippen molar-refractivity contribution in [2.24, 2.45) is 0 Å². The van der Waals surface area contributed by atoms with Gasteiger partial charge in [0.1, 0.15) is 0 Å². The van der Waals surface area contributed by atoms with Gasteiger partial charge in [0.2, 0.25) is 0 Å². The van der Waals surface area contributed by atoms with E-state index in [9.17, 15) is 19.2 Å². The normalized spacial score (nSPS) is 11.5. The molecule has 0 aliphatic rings. The summed E-state index contributed by atoms with van der Waals surface area (Å²) in [5.41, 5.74) is 0. The Kier molecular flexibility index (Phi) is 13.5. The largest absolute Gasteiger partial charge is 0.480 e. The second-order valence-electron chi connectivity index (χ2n) is 6.73. The lowest BCUT2D eigenvalue weighted by atomic mass is 10.3. The summed E-state index contributed by atoms with van der Waals surface area (Å²) in [4.78, 5) is 50.3. The van der Waals surface area contributed by atoms with Gasteiger partial charge in [-0.3, -0.25) is 38.8 Å². The predicted molar refractivity (Wildman–Crippen MR) is 103 cm³/mol. The van der Waals surface area contributed by atoms with Gasteiger partial charge in [0.25, 0.3) is 0 Å². The van der Waals surface area contributed by atoms with Gasteiger partial charge in [-0.05, 0) is 13.6 Å². The van der Waals surface area contributed by atoms with Gasteiger partial charge in [-0.2, -0.15) is 0 Å². The summed E-state index contributed by atoms with van der Waals surface area (Å²) >= 11 is 0. The Labute approximate surface area is 169 Å². The molecule has 0 spiro atoms. The van der Waals surface area contributed by atoms with Crippen LogP contribution >= 0.6 is 0 Å². The lowest BCUT2D eigenvalue weighted by molar-refractivity contribution is -0.140. The molecule has 12 heteroatoms. The molecule has 0 rings (SSSR count). The number of aliphatic carboxylic acids is 4. The Bertz CT molecular complexity index is 546. The SMILES string of the molecule is CCN(CCN(CCN(CCN(C)CC(=O)O)CC(=O)O)CC(=O)O)CC(=O)O. The average molecular weight is 420 g/mol. The fourth-order valence-electron chi connectivity index (χ4n) is 2.65. The second kappa shape index (κ2) is 14.7. The average Bonchev–Trinajstić information content (AvgIpc) is 2.58. The highest BCUT2D eigenvalue weighted by atomic mass is 16.4. The Morgan fingerprint density at radius 1 is 0.552 bits per heavy atom. The lowest BCUT2D eigenvalue weighted by Gasteiger charge is -2.28. The van der Waals surface area contributed by atoms with Crippen LogP contribution in [0.2, 0.25) is 0 Å². The van der Waals surface area contributed by atoms with E-state index >= 15 is 0 Å². The first-order chi connectivity index (χ1) is 13.5. The summed E-state index contributed by atoms with van der Waals surface area (Å²) in [6.45, 7) is 3.45. The third kappa shape index (κ3) is 15.3. The quantitative estimate of drug-likeness (QED) is 0.197. The number of rotatable bonds is 18. The van der Waals surface area contributed by atoms with E-state index in [1.165, 1.54) is 0 Å². The van der Waals surface area contributed by atoms with Crippen LogP contribution < -0.4 is 0 Å². The van der Waals surface area contributed by atoms with Crippen LogP contribution in [0.5, 0.6) is 0 Å². The third-order valence-electron chi connectivity index (χ3n) is 4.19. The van der Waals surface area contributed by atoms with Gasteiger partial charge in [0, 0.05) is 39.3 Å². The number of carbonyl (C=O) groups is 4. The summed E-state index contributed by atoms with van der Waals surface area (Å²) in [6.07, 6.45) is 0. The zero-order valence-corrected chi connectivity index (χ0v) is 17.0. The highest BCUT2D eigenvalue weighted by Crippen LogP contribution is 1.97. The zero-order valence-electron chi connectivity index (χ0n) is 17.0. The number of hydrogen-bond donors (Lipinski definition) is 4. The van der Waals surface area contributed by atoms with Crippen molar-refractivity contribution in [3.05, 3.63) is 0 Å². The molecule has 0 aromatic carbocycles. The maximum absolute atomic E-state index is 11.1. The molecule has 4 N–H and O–H groups in total. The first-order valence-corrected chi connectivity index (χ1v) is 9.26. The van der Waals surface area contributed by atoms with E-state index < -0.39 is 23.9 Å². The van der Waals surface area contributed by atoms with Crippen LogP contribution in [0, 0.1) is 0 Å². The lowest BCUT2D eigenvalue weighted by Crippen LogP contribution is -2.45. The smallest absolute Gasteiger partial charge is 0.317 e. The topological polar surface area (TPSA) is 162 Å². The highest BCUT2D eigenvalue weighted by Gasteiger charge is 2.17. The van der Waals surface area contributed by atoms with Crippen molar-refractivity contribution in [3.8, 4) is 0 Å². The van der Waals surface area contributed by atoms with Crippen LogP contribution in [0.3, 0.4) is 0 Å². The van der Waals surface area contributed by atoms with Gasteiger partial charge >= 0.3 is 23.9 Å². The molecule has 168 valence electrons. The number of likely N-dealkylation sites (N-methyl/N-ethyl adjacent to an activating group) is 2. The Morgan fingerprint density at radius 3 is 1.21 bits per heavy atom. The number of carboxylic acids is 4. The summed E-state index contributed by atoms with van der Waals surface area (Å²) in [5, 5.41) is 35.9. The fraction of sp³-hybridized carbons (Fsp3) is 0.765. The van der Waals surface area contributed by atoms with Crippen molar-refractivity contribution in [1.82, 2.24) is 19.6 Å². The third-order valence-corrected chi connectivity index (χ3v) is 4.19. The summed E-state index contributed by atoms with van der Waals surface area (Å²) in [7, 11) is 1.62. The molecule has 0 aromatic heterocycles. The Morgan fingerprint density at radius 2 is 0.862 bits per heavy atom. The molecule has 0 aliphatic heterocycles. The van der Waals surface area contributed by atoms with Gasteiger partial charge in [-0.25, -0.2) is 0 Å². The van der Waals surface area contributed by atoms with Crippen LogP contribution in [0.25, 0.3) is 0 Å². The molecule has 0 aromatic rings. The van der Waals surface area contributed by atoms with E-state index in [-0.39, 0.29) is 39.3 Å². The van der Waals surface area contributed by atoms with E-state index in [1.54, 1.807) is 26.6 Å². The molecule has 29 heavy (non-hydrogen) atoms. The molecule has 0 atom stereocenters. The van der Waals surface area contributed by atoms with Crippen LogP contribution in [0.15, 0.2) is 0 Å². The zero-order chi connectivity index (χ0) is 22.4. The van der Waals surface area contributed by atoms with Gasteiger partial charge in [-0.1, -0.05) is 6.92 Å². The van der Waals surface area contributed by atoms with Gasteiger partial charge in [0.15, 0.2) is 0 Å². The molecular formula is C17H32N4O8. The van der Waals surface area contributed by atoms with Crippen molar-refractivity contribution in [2.75, 3.05) is 79.0 Å². The fourth-order valence-corrected chi connectivity index (χ4v) is 2.65. The van der Waals surface area contributed by atoms with Crippen LogP contribution in [-0.2, 0) is 19.2 Å². The second-order valence-corrected chi connectivity index (χ2v) is 6.73. The van der Waals surface area contributed by atoms with Crippen molar-refractivity contribution in [2.45, 2.75) is 6.92 Å². The molecule has 0 amide bonds. The number of hydrogen-bond acceptors (Lipinski definition) is 8. The number of nitrogens with zero attached hydrogens (tertiary/aromatic N) is 4. The molecule has 0 saturated carbocycles. The molecule has 0 bridgehead atoms. The van der Waals surface area contributed by atoms with E-state index in [0.29, 0.717) is 32.7 Å². The monoisotopic (exact) mass is 420 g/mol. The first-order valence-electron chi connectivity index (χ1n) is 9.26. The minimum atomic E-state index is -1.03.